The molecule has 1 saturated heterocycles. The number of primary amides is 4. The second-order valence-electron chi connectivity index (χ2n) is 36.3. The Bertz CT molecular complexity index is 5130. The predicted molar refractivity (Wildman–Crippen MR) is 505 cm³/mol. The molecule has 0 saturated carbocycles. The lowest BCUT2D eigenvalue weighted by Gasteiger charge is -2.31. The first-order valence-corrected chi connectivity index (χ1v) is 46.1. The number of phenolic OH excluding ortho intramolecular Hbond substituents is 1. The number of nitrogens with one attached hydrogen (secondary N) is 17. The Morgan fingerprint density at radius 2 is 0.768 bits per heavy atom. The number of aromatic nitrogens is 1. The Morgan fingerprint density at radius 3 is 1.22 bits per heavy atom. The van der Waals surface area contributed by atoms with E-state index in [1.807, 2.05) is 0 Å². The van der Waals surface area contributed by atoms with Crippen LogP contribution in [0.25, 0.3) is 10.9 Å². The number of aliphatic carboxylic acids is 1. The van der Waals surface area contributed by atoms with Gasteiger partial charge in [0.15, 0.2) is 0 Å². The minimum atomic E-state index is -1.99. The van der Waals surface area contributed by atoms with Crippen molar-refractivity contribution in [3.05, 3.63) is 102 Å². The molecule has 5 rings (SSSR count). The summed E-state index contributed by atoms with van der Waals surface area (Å²) in [6.07, 6.45) is -6.02. The van der Waals surface area contributed by atoms with Crippen molar-refractivity contribution in [2.45, 2.75) is 268 Å². The van der Waals surface area contributed by atoms with Gasteiger partial charge in [-0.15, -0.1) is 0 Å². The highest BCUT2D eigenvalue weighted by Crippen LogP contribution is 2.24. The summed E-state index contributed by atoms with van der Waals surface area (Å²) in [5.74, 6) is -26.9. The molecule has 1 aliphatic heterocycles. The van der Waals surface area contributed by atoms with Crippen molar-refractivity contribution >= 4 is 141 Å². The number of carbonyl (C=O) groups excluding carboxylic acids is 21. The van der Waals surface area contributed by atoms with Crippen molar-refractivity contribution in [2.75, 3.05) is 26.4 Å². The largest absolute Gasteiger partial charge is 0.508 e. The van der Waals surface area contributed by atoms with Gasteiger partial charge < -0.3 is 149 Å². The van der Waals surface area contributed by atoms with Crippen molar-refractivity contribution in [3.8, 4) is 5.75 Å². The van der Waals surface area contributed by atoms with E-state index in [2.05, 4.69) is 90.1 Å². The number of carbonyl (C=O) groups is 22. The quantitative estimate of drug-likeness (QED) is 0.0195. The summed E-state index contributed by atoms with van der Waals surface area (Å²) in [6.45, 7) is 13.1. The van der Waals surface area contributed by atoms with Crippen LogP contribution in [-0.2, 0) is 125 Å². The highest BCUT2D eigenvalue weighted by atomic mass is 16.4. The molecule has 1 fully saturated rings. The van der Waals surface area contributed by atoms with Crippen molar-refractivity contribution in [2.24, 2.45) is 46.6 Å². The molecule has 21 amide bonds. The third-order valence-electron chi connectivity index (χ3n) is 22.5. The van der Waals surface area contributed by atoms with E-state index in [9.17, 15) is 127 Å². The molecule has 50 heteroatoms. The summed E-state index contributed by atoms with van der Waals surface area (Å²) in [5.41, 5.74) is 23.6. The van der Waals surface area contributed by atoms with Gasteiger partial charge in [0, 0.05) is 56.3 Å². The molecule has 142 heavy (non-hydrogen) atoms. The number of hydrogen-bond donors (Lipinski definition) is 27. The Morgan fingerprint density at radius 1 is 0.394 bits per heavy atom. The lowest BCUT2D eigenvalue weighted by atomic mass is 9.99. The van der Waals surface area contributed by atoms with Gasteiger partial charge in [-0.1, -0.05) is 116 Å². The van der Waals surface area contributed by atoms with E-state index in [-0.39, 0.29) is 62.3 Å². The zero-order valence-electron chi connectivity index (χ0n) is 80.7. The number of aromatic amines is 1. The third-order valence-corrected chi connectivity index (χ3v) is 22.5. The average Bonchev–Trinajstić information content (AvgIpc) is 1.68. The van der Waals surface area contributed by atoms with E-state index in [1.165, 1.54) is 51.2 Å². The van der Waals surface area contributed by atoms with Crippen LogP contribution in [0.2, 0.25) is 0 Å². The molecular formula is C92H134N22O28. The number of aliphatic hydroxyl groups is 4. The number of para-hydroxylation sites is 1. The number of rotatable bonds is 59. The fourth-order valence-electron chi connectivity index (χ4n) is 15.2. The zero-order chi connectivity index (χ0) is 106. The van der Waals surface area contributed by atoms with Crippen LogP contribution in [0, 0.1) is 23.7 Å². The number of fused-ring (bicyclic) bond motifs is 1. The van der Waals surface area contributed by atoms with E-state index in [0.717, 1.165) is 18.7 Å². The summed E-state index contributed by atoms with van der Waals surface area (Å²) >= 11 is 0. The molecule has 0 unspecified atom stereocenters. The average molecular weight is 2000 g/mol. The number of nitrogens with zero attached hydrogens (tertiary/aromatic N) is 1. The number of aromatic hydroxyl groups is 1. The first-order valence-electron chi connectivity index (χ1n) is 46.1. The third kappa shape index (κ3) is 38.4. The number of benzene rings is 3. The molecular weight excluding hydrogens is 1860 g/mol. The molecule has 1 aliphatic rings. The molecule has 18 atom stereocenters. The minimum absolute atomic E-state index is 0.0181. The van der Waals surface area contributed by atoms with Crippen LogP contribution >= 0.6 is 0 Å². The Hall–Kier alpha value is -14.8. The van der Waals surface area contributed by atoms with Gasteiger partial charge in [0.2, 0.25) is 124 Å². The van der Waals surface area contributed by atoms with Crippen LogP contribution < -0.4 is 108 Å². The SMILES string of the molecule is CC(=O)N[C@H](C(=O)N[C@@H](CO)C(=O)N[C@@H](Cc1ccccc1)C(=O)N[C@@H](C)C(=O)N[C@@H](CCC(=O)O)C(=O)N[C@@H](Cc1ccc(O)cc1)C(=O)N[C@@H](Cc1c[nH]c2ccccc12)C(=O)N[C@@H](CC(N)=O)C(=O)N[C@@H](CC(C)C)C(=O)N[C@@H](CC(C)C)C(=O)N[C@@H](CO)C(=O)N1CCC[C@H]1C(=O)N[C@@H](CC(N)=O)C(=O)N[C@@H](CC(N)=O)C(=O)N[C@H](C(=O)N[C@@H](CC(C)C)C(=O)N[C@@H](CO)C(N)=O)C(C)C)[C@H](C)O. The van der Waals surface area contributed by atoms with Crippen LogP contribution in [0.3, 0.4) is 0 Å². The van der Waals surface area contributed by atoms with E-state index < -0.39 is 321 Å². The zero-order valence-corrected chi connectivity index (χ0v) is 80.7. The number of nitrogens with two attached hydrogens (primary N) is 4. The Labute approximate surface area is 817 Å². The molecule has 0 aliphatic carbocycles. The second-order valence-corrected chi connectivity index (χ2v) is 36.3. The maximum Gasteiger partial charge on any atom is 0.303 e. The highest BCUT2D eigenvalue weighted by Gasteiger charge is 2.44. The first-order chi connectivity index (χ1) is 66.7. The van der Waals surface area contributed by atoms with Crippen molar-refractivity contribution < 1.29 is 136 Å². The van der Waals surface area contributed by atoms with Crippen LogP contribution in [0.4, 0.5) is 0 Å². The van der Waals surface area contributed by atoms with E-state index in [0.29, 0.717) is 22.0 Å². The second kappa shape index (κ2) is 57.0. The normalized spacial score (nSPS) is 15.9. The number of likely N-dealkylation sites (tertiary alicyclic amines) is 1. The van der Waals surface area contributed by atoms with Crippen molar-refractivity contribution in [3.63, 3.8) is 0 Å². The summed E-state index contributed by atoms with van der Waals surface area (Å²) < 4.78 is 0. The highest BCUT2D eigenvalue weighted by molar-refractivity contribution is 6.04. The van der Waals surface area contributed by atoms with Gasteiger partial charge in [0.05, 0.1) is 45.2 Å². The summed E-state index contributed by atoms with van der Waals surface area (Å²) in [5, 5.41) is 100. The molecule has 2 heterocycles. The van der Waals surface area contributed by atoms with Gasteiger partial charge in [0.25, 0.3) is 0 Å². The van der Waals surface area contributed by atoms with Gasteiger partial charge in [-0.25, -0.2) is 0 Å². The lowest BCUT2D eigenvalue weighted by molar-refractivity contribution is -0.143. The van der Waals surface area contributed by atoms with Crippen LogP contribution in [0.15, 0.2) is 85.1 Å². The van der Waals surface area contributed by atoms with Crippen LogP contribution in [-0.4, -0.2) is 306 Å². The standard InChI is InChI=1S/C92H134N22O28/c1-43(2)30-57(80(130)101-58(31-44(3)4)82(132)112-68(42-117)92(142)114-29-17-22-69(114)89(139)108-64(37-71(94)122)86(136)107-65(38-72(95)123)87(137)113-74(46(7)8)90(140)109-59(32-45(5)6)81(131)110-66(40-115)76(96)126)102-85(135)63(36-70(93)121)106-84(134)62(35-52-39-97-55-21-16-15-20-54(52)55)105-83(133)61(34-51-23-25-53(120)26-24-51)103-78(128)56(27-28-73(124)125)100-77(127)47(9)98-79(129)60(33-50-18-13-12-14-19-50)104-88(138)67(41-116)111-91(141)75(48(10)118)99-49(11)119/h12-16,18-21,23-26,39,43-48,56-69,74-75,97,115-118,120H,17,22,27-38,40-42H2,1-11H3,(H2,93,121)(H2,94,122)(H2,95,123)(H2,96,126)(H,98,129)(H,99,119)(H,100,127)(H,101,130)(H,102,135)(H,103,128)(H,104,138)(H,105,133)(H,106,134)(H,107,136)(H,108,139)(H,109,140)(H,110,131)(H,111,141)(H,112,132)(H,113,137)(H,124,125)/t47-,48-,56-,57-,58-,59-,60-,61-,62-,63-,64-,65-,66-,67-,68-,69-,74-,75-/m0/s1. The number of H-pyrrole nitrogens is 1. The molecule has 0 radical (unpaired) electrons. The summed E-state index contributed by atoms with van der Waals surface area (Å²) in [6, 6.07) is -9.03. The molecule has 780 valence electrons. The molecule has 31 N–H and O–H groups in total. The topological polar surface area (TPSA) is 813 Å². The number of carboxylic acids is 1. The van der Waals surface area contributed by atoms with E-state index in [4.69, 9.17) is 22.9 Å². The van der Waals surface area contributed by atoms with Crippen LogP contribution in [0.5, 0.6) is 5.75 Å². The van der Waals surface area contributed by atoms with E-state index in [1.54, 1.807) is 96.1 Å². The number of hydrogen-bond acceptors (Lipinski definition) is 27. The Kier molecular flexibility index (Phi) is 47.3. The fourth-order valence-corrected chi connectivity index (χ4v) is 15.2. The number of aliphatic hydroxyl groups excluding tert-OH is 4. The van der Waals surface area contributed by atoms with Gasteiger partial charge >= 0.3 is 5.97 Å². The van der Waals surface area contributed by atoms with E-state index >= 15 is 9.59 Å². The molecule has 0 bridgehead atoms. The summed E-state index contributed by atoms with van der Waals surface area (Å²) in [7, 11) is 0. The minimum Gasteiger partial charge on any atom is -0.508 e. The number of amides is 21. The maximum absolute atomic E-state index is 15.2. The van der Waals surface area contributed by atoms with Gasteiger partial charge in [-0.05, 0) is 111 Å². The molecule has 1 aromatic heterocycles. The smallest absolute Gasteiger partial charge is 0.303 e. The monoisotopic (exact) mass is 1990 g/mol. The number of phenols is 1. The number of carboxylic acid groups (broad SMARTS) is 1. The summed E-state index contributed by atoms with van der Waals surface area (Å²) in [4.78, 5) is 307. The molecule has 3 aromatic carbocycles. The van der Waals surface area contributed by atoms with Gasteiger partial charge in [0.1, 0.15) is 108 Å². The van der Waals surface area contributed by atoms with Gasteiger partial charge in [-0.3, -0.25) is 105 Å². The van der Waals surface area contributed by atoms with Crippen LogP contribution in [0.1, 0.15) is 157 Å². The molecule has 0 spiro atoms. The maximum atomic E-state index is 15.2. The first kappa shape index (κ1) is 118. The fraction of sp³-hybridized carbons (Fsp3) is 0.543. The predicted octanol–water partition coefficient (Wildman–Crippen LogP) is -8.18. The Balaban J connectivity index is 1.39. The molecule has 4 aromatic rings. The molecule has 50 nitrogen and oxygen atoms in total. The van der Waals surface area contributed by atoms with Gasteiger partial charge in [-0.2, -0.15) is 0 Å². The lowest BCUT2D eigenvalue weighted by Crippen LogP contribution is -2.62. The van der Waals surface area contributed by atoms with Crippen molar-refractivity contribution in [1.82, 2.24) is 95.0 Å². The van der Waals surface area contributed by atoms with Crippen molar-refractivity contribution in [1.29, 1.82) is 0 Å².